The Labute approximate surface area is 98.2 Å². The molecule has 0 aromatic carbocycles. The zero-order chi connectivity index (χ0) is 11.8. The Morgan fingerprint density at radius 2 is 1.88 bits per heavy atom. The summed E-state index contributed by atoms with van der Waals surface area (Å²) in [6, 6.07) is 0. The van der Waals surface area contributed by atoms with Gasteiger partial charge in [0, 0.05) is 38.3 Å². The zero-order valence-corrected chi connectivity index (χ0v) is 9.66. The minimum absolute atomic E-state index is 0.155. The van der Waals surface area contributed by atoms with Crippen LogP contribution < -0.4 is 21.6 Å². The molecule has 0 unspecified atom stereocenters. The molecule has 0 amide bonds. The highest BCUT2D eigenvalue weighted by atomic mass is 16.2. The molecule has 0 bridgehead atoms. The van der Waals surface area contributed by atoms with E-state index in [1.54, 1.807) is 0 Å². The van der Waals surface area contributed by atoms with E-state index in [9.17, 15) is 9.59 Å². The maximum absolute atomic E-state index is 12.3. The van der Waals surface area contributed by atoms with Gasteiger partial charge in [-0.1, -0.05) is 0 Å². The van der Waals surface area contributed by atoms with Crippen molar-refractivity contribution in [1.29, 1.82) is 0 Å². The standard InChI is InChI=1S/C11H16N4O2/c16-10-8-7-12-4-3-9(8)13-11(17)15(10)14-5-1-2-6-14/h12H,1-7H2,(H,13,17). The first-order valence-electron chi connectivity index (χ1n) is 6.10. The van der Waals surface area contributed by atoms with Crippen molar-refractivity contribution in [3.63, 3.8) is 0 Å². The van der Waals surface area contributed by atoms with Crippen molar-refractivity contribution in [2.75, 3.05) is 24.6 Å². The molecule has 1 saturated heterocycles. The van der Waals surface area contributed by atoms with E-state index in [2.05, 4.69) is 10.3 Å². The summed E-state index contributed by atoms with van der Waals surface area (Å²) in [5, 5.41) is 5.01. The molecule has 0 saturated carbocycles. The monoisotopic (exact) mass is 236 g/mol. The van der Waals surface area contributed by atoms with Gasteiger partial charge in [-0.2, -0.15) is 4.68 Å². The van der Waals surface area contributed by atoms with Crippen molar-refractivity contribution in [3.05, 3.63) is 32.1 Å². The summed E-state index contributed by atoms with van der Waals surface area (Å²) in [6.45, 7) is 2.94. The number of hydrogen-bond acceptors (Lipinski definition) is 4. The summed E-state index contributed by atoms with van der Waals surface area (Å²) in [7, 11) is 0. The fraction of sp³-hybridized carbons (Fsp3) is 0.636. The first-order chi connectivity index (χ1) is 8.27. The van der Waals surface area contributed by atoms with Gasteiger partial charge < -0.3 is 15.3 Å². The molecule has 0 radical (unpaired) electrons. The number of H-pyrrole nitrogens is 1. The molecule has 2 N–H and O–H groups in total. The average molecular weight is 236 g/mol. The average Bonchev–Trinajstić information content (AvgIpc) is 2.83. The Hall–Kier alpha value is -1.56. The van der Waals surface area contributed by atoms with Crippen LogP contribution in [0.1, 0.15) is 24.1 Å². The summed E-state index contributed by atoms with van der Waals surface area (Å²) >= 11 is 0. The van der Waals surface area contributed by atoms with E-state index in [-0.39, 0.29) is 11.2 Å². The molecule has 1 fully saturated rings. The zero-order valence-electron chi connectivity index (χ0n) is 9.66. The number of nitrogens with zero attached hydrogens (tertiary/aromatic N) is 2. The Balaban J connectivity index is 2.15. The second kappa shape index (κ2) is 4.03. The van der Waals surface area contributed by atoms with Crippen LogP contribution in [0.15, 0.2) is 9.59 Å². The molecule has 0 spiro atoms. The van der Waals surface area contributed by atoms with Gasteiger partial charge in [0.1, 0.15) is 0 Å². The third kappa shape index (κ3) is 1.68. The highest BCUT2D eigenvalue weighted by Gasteiger charge is 2.21. The van der Waals surface area contributed by atoms with Gasteiger partial charge in [0.2, 0.25) is 0 Å². The van der Waals surface area contributed by atoms with Crippen LogP contribution in [-0.2, 0) is 13.0 Å². The molecule has 1 aromatic rings. The molecule has 2 aliphatic heterocycles. The predicted molar refractivity (Wildman–Crippen MR) is 63.9 cm³/mol. The molecule has 3 heterocycles. The quantitative estimate of drug-likeness (QED) is 0.650. The molecule has 6 nitrogen and oxygen atoms in total. The Bertz CT molecular complexity index is 539. The van der Waals surface area contributed by atoms with Gasteiger partial charge in [-0.15, -0.1) is 0 Å². The highest BCUT2D eigenvalue weighted by molar-refractivity contribution is 5.20. The minimum Gasteiger partial charge on any atom is -0.312 e. The lowest BCUT2D eigenvalue weighted by atomic mass is 10.1. The summed E-state index contributed by atoms with van der Waals surface area (Å²) in [6.07, 6.45) is 2.81. The van der Waals surface area contributed by atoms with Crippen LogP contribution in [0.5, 0.6) is 0 Å². The van der Waals surface area contributed by atoms with Crippen LogP contribution in [0.4, 0.5) is 0 Å². The van der Waals surface area contributed by atoms with E-state index in [1.807, 2.05) is 5.01 Å². The van der Waals surface area contributed by atoms with Crippen LogP contribution in [0.25, 0.3) is 0 Å². The van der Waals surface area contributed by atoms with Gasteiger partial charge in [-0.25, -0.2) is 4.79 Å². The lowest BCUT2D eigenvalue weighted by Gasteiger charge is -2.22. The third-order valence-corrected chi connectivity index (χ3v) is 3.48. The van der Waals surface area contributed by atoms with Crippen molar-refractivity contribution in [1.82, 2.24) is 15.0 Å². The van der Waals surface area contributed by atoms with Crippen LogP contribution >= 0.6 is 0 Å². The number of nitrogens with one attached hydrogen (secondary N) is 2. The van der Waals surface area contributed by atoms with Gasteiger partial charge in [0.25, 0.3) is 5.56 Å². The summed E-state index contributed by atoms with van der Waals surface area (Å²) < 4.78 is 1.28. The molecule has 0 aliphatic carbocycles. The van der Waals surface area contributed by atoms with Crippen molar-refractivity contribution < 1.29 is 0 Å². The molecule has 17 heavy (non-hydrogen) atoms. The van der Waals surface area contributed by atoms with Crippen molar-refractivity contribution in [2.24, 2.45) is 0 Å². The first kappa shape index (κ1) is 10.6. The van der Waals surface area contributed by atoms with E-state index in [0.717, 1.165) is 44.6 Å². The third-order valence-electron chi connectivity index (χ3n) is 3.48. The molecule has 3 rings (SSSR count). The van der Waals surface area contributed by atoms with Gasteiger partial charge in [-0.05, 0) is 12.8 Å². The largest absolute Gasteiger partial charge is 0.347 e. The van der Waals surface area contributed by atoms with Gasteiger partial charge in [0.05, 0.1) is 5.56 Å². The lowest BCUT2D eigenvalue weighted by Crippen LogP contribution is -2.52. The van der Waals surface area contributed by atoms with Crippen molar-refractivity contribution >= 4 is 0 Å². The molecular formula is C11H16N4O2. The summed E-state index contributed by atoms with van der Waals surface area (Å²) in [5.74, 6) is 0. The SMILES string of the molecule is O=c1[nH]c2c(c(=O)n1N1CCCC1)CNCC2. The van der Waals surface area contributed by atoms with Crippen LogP contribution in [0, 0.1) is 0 Å². The maximum atomic E-state index is 12.3. The summed E-state index contributed by atoms with van der Waals surface area (Å²) in [4.78, 5) is 27.1. The smallest absolute Gasteiger partial charge is 0.312 e. The Kier molecular flexibility index (Phi) is 2.51. The number of aromatic nitrogens is 2. The van der Waals surface area contributed by atoms with E-state index in [4.69, 9.17) is 0 Å². The van der Waals surface area contributed by atoms with Gasteiger partial charge >= 0.3 is 5.69 Å². The topological polar surface area (TPSA) is 70.1 Å². The van der Waals surface area contributed by atoms with Crippen molar-refractivity contribution in [3.8, 4) is 0 Å². The number of rotatable bonds is 1. The fourth-order valence-electron chi connectivity index (χ4n) is 2.59. The maximum Gasteiger partial charge on any atom is 0.347 e. The highest BCUT2D eigenvalue weighted by Crippen LogP contribution is 2.06. The van der Waals surface area contributed by atoms with E-state index in [1.165, 1.54) is 4.68 Å². The normalized spacial score (nSPS) is 19.4. The Morgan fingerprint density at radius 3 is 2.65 bits per heavy atom. The first-order valence-corrected chi connectivity index (χ1v) is 6.10. The molecule has 0 atom stereocenters. The number of hydrogen-bond donors (Lipinski definition) is 2. The molecule has 6 heteroatoms. The molecule has 2 aliphatic rings. The second-order valence-corrected chi connectivity index (χ2v) is 4.59. The van der Waals surface area contributed by atoms with Gasteiger partial charge in [-0.3, -0.25) is 4.79 Å². The fourth-order valence-corrected chi connectivity index (χ4v) is 2.59. The summed E-state index contributed by atoms with van der Waals surface area (Å²) in [5.41, 5.74) is 1.06. The molecule has 1 aromatic heterocycles. The number of fused-ring (bicyclic) bond motifs is 1. The van der Waals surface area contributed by atoms with E-state index in [0.29, 0.717) is 12.1 Å². The molecule has 92 valence electrons. The predicted octanol–water partition coefficient (Wildman–Crippen LogP) is -1.09. The Morgan fingerprint density at radius 1 is 1.12 bits per heavy atom. The van der Waals surface area contributed by atoms with Crippen LogP contribution in [-0.4, -0.2) is 29.3 Å². The number of aromatic amines is 1. The second-order valence-electron chi connectivity index (χ2n) is 4.59. The van der Waals surface area contributed by atoms with Crippen LogP contribution in [0.2, 0.25) is 0 Å². The lowest BCUT2D eigenvalue weighted by molar-refractivity contribution is 0.553. The van der Waals surface area contributed by atoms with Gasteiger partial charge in [0.15, 0.2) is 0 Å². The van der Waals surface area contributed by atoms with E-state index >= 15 is 0 Å². The molecular weight excluding hydrogens is 220 g/mol. The van der Waals surface area contributed by atoms with Crippen LogP contribution in [0.3, 0.4) is 0 Å². The van der Waals surface area contributed by atoms with E-state index < -0.39 is 0 Å². The van der Waals surface area contributed by atoms with Crippen molar-refractivity contribution in [2.45, 2.75) is 25.8 Å². The minimum atomic E-state index is -0.294.